The SMILES string of the molecule is NC1Cc2ccccc2N(NC2=C(OC(=O)C(F)(F)F)C=CC3C(=O)c4ccccc4C(=O)C23)CCCOOC1=O. The zero-order valence-corrected chi connectivity index (χ0v) is 21.4. The van der Waals surface area contributed by atoms with Crippen LogP contribution in [0.1, 0.15) is 32.7 Å². The number of hydrazine groups is 1. The van der Waals surface area contributed by atoms with Crippen molar-refractivity contribution >= 4 is 29.2 Å². The van der Waals surface area contributed by atoms with E-state index in [9.17, 15) is 32.3 Å². The van der Waals surface area contributed by atoms with Gasteiger partial charge < -0.3 is 10.5 Å². The first-order chi connectivity index (χ1) is 19.6. The number of benzene rings is 2. The van der Waals surface area contributed by atoms with Gasteiger partial charge in [-0.25, -0.2) is 9.59 Å². The number of nitrogens with two attached hydrogens (primary N) is 1. The number of anilines is 1. The number of hydrogen-bond donors (Lipinski definition) is 2. The molecule has 0 radical (unpaired) electrons. The van der Waals surface area contributed by atoms with E-state index in [-0.39, 0.29) is 42.8 Å². The number of Topliss-reactive ketones (excluding diaryl/α,β-unsaturated/α-hetero) is 2. The number of hydrogen-bond acceptors (Lipinski definition) is 10. The third kappa shape index (κ3) is 5.58. The highest BCUT2D eigenvalue weighted by molar-refractivity contribution is 6.17. The lowest BCUT2D eigenvalue weighted by molar-refractivity contribution is -0.273. The van der Waals surface area contributed by atoms with Crippen LogP contribution in [0.2, 0.25) is 0 Å². The second-order valence-electron chi connectivity index (χ2n) is 9.58. The highest BCUT2D eigenvalue weighted by Gasteiger charge is 2.47. The standard InChI is InChI=1S/C28H24F3N3O7/c29-28(30,31)27(38)40-21-11-10-18-22(25(36)17-8-3-2-7-16(17)24(18)35)23(21)33-34-12-5-13-39-41-26(37)19(32)14-15-6-1-4-9-20(15)34/h1-4,6-11,18-19,22,33H,5,12-14,32H2. The molecule has 0 saturated carbocycles. The van der Waals surface area contributed by atoms with Crippen molar-refractivity contribution in [2.45, 2.75) is 25.1 Å². The number of allylic oxidation sites excluding steroid dienone is 3. The van der Waals surface area contributed by atoms with Gasteiger partial charge in [-0.1, -0.05) is 48.5 Å². The Morgan fingerprint density at radius 2 is 1.71 bits per heavy atom. The Morgan fingerprint density at radius 1 is 1.02 bits per heavy atom. The third-order valence-corrected chi connectivity index (χ3v) is 6.90. The van der Waals surface area contributed by atoms with Crippen molar-refractivity contribution in [3.63, 3.8) is 0 Å². The fourth-order valence-electron chi connectivity index (χ4n) is 4.98. The molecule has 2 aromatic rings. The highest BCUT2D eigenvalue weighted by atomic mass is 19.4. The second-order valence-corrected chi connectivity index (χ2v) is 9.58. The fourth-order valence-corrected chi connectivity index (χ4v) is 4.98. The summed E-state index contributed by atoms with van der Waals surface area (Å²) in [6.45, 7) is 0.0815. The van der Waals surface area contributed by atoms with Crippen LogP contribution in [0.5, 0.6) is 0 Å². The summed E-state index contributed by atoms with van der Waals surface area (Å²) >= 11 is 0. The summed E-state index contributed by atoms with van der Waals surface area (Å²) in [7, 11) is 0. The minimum absolute atomic E-state index is 0.0161. The van der Waals surface area contributed by atoms with Crippen LogP contribution in [0.3, 0.4) is 0 Å². The van der Waals surface area contributed by atoms with Gasteiger partial charge in [-0.05, 0) is 24.1 Å². The van der Waals surface area contributed by atoms with E-state index in [0.29, 0.717) is 11.3 Å². The van der Waals surface area contributed by atoms with E-state index in [1.807, 2.05) is 0 Å². The topological polar surface area (TPSA) is 137 Å². The smallest absolute Gasteiger partial charge is 0.418 e. The minimum Gasteiger partial charge on any atom is -0.418 e. The number of halogens is 3. The quantitative estimate of drug-likeness (QED) is 0.418. The lowest BCUT2D eigenvalue weighted by Gasteiger charge is -2.38. The molecule has 5 rings (SSSR count). The van der Waals surface area contributed by atoms with Crippen LogP contribution in [-0.2, 0) is 30.5 Å². The number of para-hydroxylation sites is 1. The number of nitrogens with zero attached hydrogens (tertiary/aromatic N) is 1. The van der Waals surface area contributed by atoms with E-state index < -0.39 is 53.3 Å². The highest BCUT2D eigenvalue weighted by Crippen LogP contribution is 2.40. The summed E-state index contributed by atoms with van der Waals surface area (Å²) < 4.78 is 44.4. The van der Waals surface area contributed by atoms with Crippen LogP contribution >= 0.6 is 0 Å². The number of ketones is 2. The van der Waals surface area contributed by atoms with E-state index in [2.05, 4.69) is 5.43 Å². The van der Waals surface area contributed by atoms with Crippen molar-refractivity contribution in [2.75, 3.05) is 18.2 Å². The molecule has 41 heavy (non-hydrogen) atoms. The fraction of sp³-hybridized carbons (Fsp3) is 0.286. The van der Waals surface area contributed by atoms with Gasteiger partial charge in [-0.2, -0.15) is 18.1 Å². The number of alkyl halides is 3. The molecule has 3 atom stereocenters. The van der Waals surface area contributed by atoms with E-state index in [1.54, 1.807) is 36.4 Å². The minimum atomic E-state index is -5.32. The number of carbonyl (C=O) groups is 4. The van der Waals surface area contributed by atoms with Crippen LogP contribution in [0, 0.1) is 11.8 Å². The molecule has 13 heteroatoms. The Kier molecular flexibility index (Phi) is 7.65. The molecule has 3 unspecified atom stereocenters. The molecule has 1 heterocycles. The van der Waals surface area contributed by atoms with Crippen LogP contribution in [0.15, 0.2) is 72.1 Å². The third-order valence-electron chi connectivity index (χ3n) is 6.90. The zero-order valence-electron chi connectivity index (χ0n) is 21.4. The molecular weight excluding hydrogens is 547 g/mol. The van der Waals surface area contributed by atoms with Crippen LogP contribution in [0.25, 0.3) is 0 Å². The van der Waals surface area contributed by atoms with Gasteiger partial charge in [0.05, 0.1) is 29.8 Å². The number of ether oxygens (including phenoxy) is 1. The Labute approximate surface area is 231 Å². The Morgan fingerprint density at radius 3 is 2.44 bits per heavy atom. The van der Waals surface area contributed by atoms with Crippen molar-refractivity contribution in [1.29, 1.82) is 0 Å². The molecule has 10 nitrogen and oxygen atoms in total. The number of esters is 1. The summed E-state index contributed by atoms with van der Waals surface area (Å²) in [5.41, 5.74) is 10.1. The zero-order chi connectivity index (χ0) is 29.3. The Hall–Kier alpha value is -4.49. The molecule has 3 aliphatic rings. The van der Waals surface area contributed by atoms with Crippen molar-refractivity contribution in [3.8, 4) is 0 Å². The Balaban J connectivity index is 1.61. The van der Waals surface area contributed by atoms with Gasteiger partial charge in [-0.3, -0.25) is 24.9 Å². The summed E-state index contributed by atoms with van der Waals surface area (Å²) in [5.74, 6) is -7.15. The van der Waals surface area contributed by atoms with Gasteiger partial charge in [0, 0.05) is 24.1 Å². The molecule has 2 aliphatic carbocycles. The van der Waals surface area contributed by atoms with Gasteiger partial charge in [0.1, 0.15) is 6.04 Å². The predicted molar refractivity (Wildman–Crippen MR) is 136 cm³/mol. The number of carbonyl (C=O) groups excluding carboxylic acids is 4. The molecular formula is C28H24F3N3O7. The number of rotatable bonds is 3. The van der Waals surface area contributed by atoms with E-state index >= 15 is 0 Å². The first kappa shape index (κ1) is 28.1. The predicted octanol–water partition coefficient (Wildman–Crippen LogP) is 2.94. The maximum absolute atomic E-state index is 13.7. The van der Waals surface area contributed by atoms with Gasteiger partial charge in [-0.15, -0.1) is 0 Å². The van der Waals surface area contributed by atoms with Crippen molar-refractivity contribution in [3.05, 3.63) is 88.8 Å². The van der Waals surface area contributed by atoms with Crippen molar-refractivity contribution in [1.82, 2.24) is 5.43 Å². The molecule has 0 fully saturated rings. The average Bonchev–Trinajstić information content (AvgIpc) is 2.97. The first-order valence-corrected chi connectivity index (χ1v) is 12.7. The average molecular weight is 572 g/mol. The Bertz CT molecular complexity index is 1470. The molecule has 2 aromatic carbocycles. The van der Waals surface area contributed by atoms with Crippen LogP contribution < -0.4 is 16.2 Å². The van der Waals surface area contributed by atoms with Gasteiger partial charge in [0.25, 0.3) is 0 Å². The monoisotopic (exact) mass is 571 g/mol. The normalized spacial score (nSPS) is 23.1. The number of fused-ring (bicyclic) bond motifs is 3. The van der Waals surface area contributed by atoms with Gasteiger partial charge >= 0.3 is 18.1 Å². The van der Waals surface area contributed by atoms with Gasteiger partial charge in [0.2, 0.25) is 0 Å². The molecule has 0 spiro atoms. The lowest BCUT2D eigenvalue weighted by atomic mass is 9.70. The van der Waals surface area contributed by atoms with Crippen LogP contribution in [-0.4, -0.2) is 48.9 Å². The maximum Gasteiger partial charge on any atom is 0.491 e. The number of nitrogens with one attached hydrogen (secondary N) is 1. The summed E-state index contributed by atoms with van der Waals surface area (Å²) in [5, 5.41) is 1.52. The molecule has 0 aromatic heterocycles. The first-order valence-electron chi connectivity index (χ1n) is 12.7. The lowest BCUT2D eigenvalue weighted by Crippen LogP contribution is -2.48. The maximum atomic E-state index is 13.7. The van der Waals surface area contributed by atoms with E-state index in [4.69, 9.17) is 20.2 Å². The molecule has 3 N–H and O–H groups in total. The molecule has 214 valence electrons. The second kappa shape index (κ2) is 11.2. The summed E-state index contributed by atoms with van der Waals surface area (Å²) in [4.78, 5) is 60.9. The van der Waals surface area contributed by atoms with Crippen LogP contribution in [0.4, 0.5) is 18.9 Å². The van der Waals surface area contributed by atoms with E-state index in [0.717, 1.165) is 6.08 Å². The molecule has 0 saturated heterocycles. The van der Waals surface area contributed by atoms with Gasteiger partial charge in [0.15, 0.2) is 17.3 Å². The van der Waals surface area contributed by atoms with Crippen molar-refractivity contribution < 1.29 is 46.9 Å². The van der Waals surface area contributed by atoms with E-state index in [1.165, 1.54) is 23.2 Å². The molecule has 0 amide bonds. The van der Waals surface area contributed by atoms with Crippen molar-refractivity contribution in [2.24, 2.45) is 17.6 Å². The summed E-state index contributed by atoms with van der Waals surface area (Å²) in [6, 6.07) is 11.8. The summed E-state index contributed by atoms with van der Waals surface area (Å²) in [6.07, 6.45) is -2.71. The largest absolute Gasteiger partial charge is 0.491 e. The molecule has 0 bridgehead atoms. The molecule has 1 aliphatic heterocycles.